The summed E-state index contributed by atoms with van der Waals surface area (Å²) in [5, 5.41) is 5.52. The van der Waals surface area contributed by atoms with Crippen LogP contribution in [0.5, 0.6) is 0 Å². The molecule has 1 saturated heterocycles. The minimum atomic E-state index is -0.440. The molecule has 1 aliphatic heterocycles. The normalized spacial score (nSPS) is 14.7. The summed E-state index contributed by atoms with van der Waals surface area (Å²) in [6.45, 7) is 5.27. The molecule has 0 bridgehead atoms. The van der Waals surface area contributed by atoms with E-state index in [1.807, 2.05) is 18.7 Å². The van der Waals surface area contributed by atoms with Crippen molar-refractivity contribution in [3.05, 3.63) is 42.2 Å². The van der Waals surface area contributed by atoms with E-state index in [2.05, 4.69) is 20.6 Å². The maximum atomic E-state index is 12.7. The topological polar surface area (TPSA) is 117 Å². The van der Waals surface area contributed by atoms with Crippen LogP contribution in [-0.4, -0.2) is 51.7 Å². The number of aromatic nitrogens is 2. The predicted octanol–water partition coefficient (Wildman–Crippen LogP) is 2.09. The molecule has 3 amide bonds. The number of carbonyl (C=O) groups is 3. The Hall–Kier alpha value is -3.23. The summed E-state index contributed by atoms with van der Waals surface area (Å²) < 4.78 is 4.89. The van der Waals surface area contributed by atoms with Gasteiger partial charge in [0.2, 0.25) is 5.91 Å². The Balaban J connectivity index is 1.58. The van der Waals surface area contributed by atoms with E-state index in [9.17, 15) is 14.4 Å². The average Bonchev–Trinajstić information content (AvgIpc) is 3.23. The Bertz CT molecular complexity index is 858. The number of anilines is 1. The number of piperidine rings is 1. The number of hydrogen-bond donors (Lipinski definition) is 2. The maximum absolute atomic E-state index is 12.7. The van der Waals surface area contributed by atoms with Gasteiger partial charge in [-0.15, -0.1) is 0 Å². The van der Waals surface area contributed by atoms with Crippen LogP contribution in [0.25, 0.3) is 0 Å². The summed E-state index contributed by atoms with van der Waals surface area (Å²) in [6.07, 6.45) is 7.38. The third kappa shape index (κ3) is 5.40. The molecule has 154 valence electrons. The summed E-state index contributed by atoms with van der Waals surface area (Å²) in [5.74, 6) is -0.284. The minimum absolute atomic E-state index is 0.0441. The van der Waals surface area contributed by atoms with E-state index in [0.29, 0.717) is 43.8 Å². The van der Waals surface area contributed by atoms with Crippen LogP contribution in [-0.2, 0) is 4.79 Å². The fourth-order valence-electron chi connectivity index (χ4n) is 3.17. The second-order valence-corrected chi connectivity index (χ2v) is 7.45. The van der Waals surface area contributed by atoms with E-state index < -0.39 is 11.8 Å². The molecule has 9 nitrogen and oxygen atoms in total. The van der Waals surface area contributed by atoms with Gasteiger partial charge in [0.1, 0.15) is 6.26 Å². The Morgan fingerprint density at radius 3 is 2.55 bits per heavy atom. The first-order chi connectivity index (χ1) is 13.9. The molecule has 0 spiro atoms. The van der Waals surface area contributed by atoms with Gasteiger partial charge in [0.25, 0.3) is 11.8 Å². The van der Waals surface area contributed by atoms with Gasteiger partial charge in [0.15, 0.2) is 11.5 Å². The number of nitrogens with zero attached hydrogens (tertiary/aromatic N) is 3. The molecule has 0 saturated carbocycles. The standard InChI is InChI=1S/C20H25N5O4/c1-13(2)11-16(26)25-8-3-15(4-9-25)23-20(28)17-18(22-7-6-21-17)24-19(27)14-5-10-29-12-14/h5-7,10,12-13,15H,3-4,8-9,11H2,1-2H3,(H,23,28)(H,22,24,27). The summed E-state index contributed by atoms with van der Waals surface area (Å²) in [4.78, 5) is 47.1. The van der Waals surface area contributed by atoms with Crippen LogP contribution in [0.3, 0.4) is 0 Å². The van der Waals surface area contributed by atoms with Crippen LogP contribution in [0, 0.1) is 5.92 Å². The van der Waals surface area contributed by atoms with E-state index in [1.165, 1.54) is 31.0 Å². The predicted molar refractivity (Wildman–Crippen MR) is 105 cm³/mol. The molecule has 3 rings (SSSR count). The number of amides is 3. The maximum Gasteiger partial charge on any atom is 0.273 e. The quantitative estimate of drug-likeness (QED) is 0.768. The van der Waals surface area contributed by atoms with Crippen molar-refractivity contribution in [2.45, 2.75) is 39.2 Å². The molecule has 0 aliphatic carbocycles. The van der Waals surface area contributed by atoms with Gasteiger partial charge in [-0.1, -0.05) is 13.8 Å². The molecular weight excluding hydrogens is 374 g/mol. The molecular formula is C20H25N5O4. The highest BCUT2D eigenvalue weighted by Crippen LogP contribution is 2.16. The third-order valence-corrected chi connectivity index (χ3v) is 4.69. The summed E-state index contributed by atoms with van der Waals surface area (Å²) >= 11 is 0. The van der Waals surface area contributed by atoms with Gasteiger partial charge < -0.3 is 20.0 Å². The molecule has 0 unspecified atom stereocenters. The second-order valence-electron chi connectivity index (χ2n) is 7.45. The van der Waals surface area contributed by atoms with Gasteiger partial charge in [0, 0.05) is 37.9 Å². The van der Waals surface area contributed by atoms with Crippen molar-refractivity contribution in [3.63, 3.8) is 0 Å². The Labute approximate surface area is 168 Å². The lowest BCUT2D eigenvalue weighted by atomic mass is 10.0. The molecule has 1 fully saturated rings. The van der Waals surface area contributed by atoms with Gasteiger partial charge in [0.05, 0.1) is 11.8 Å². The van der Waals surface area contributed by atoms with Crippen LogP contribution in [0.15, 0.2) is 35.4 Å². The second kappa shape index (κ2) is 9.31. The van der Waals surface area contributed by atoms with Crippen molar-refractivity contribution in [1.29, 1.82) is 0 Å². The van der Waals surface area contributed by atoms with Crippen LogP contribution in [0.2, 0.25) is 0 Å². The Morgan fingerprint density at radius 1 is 1.17 bits per heavy atom. The number of hydrogen-bond acceptors (Lipinski definition) is 6. The highest BCUT2D eigenvalue weighted by molar-refractivity contribution is 6.07. The number of likely N-dealkylation sites (tertiary alicyclic amines) is 1. The van der Waals surface area contributed by atoms with Crippen molar-refractivity contribution in [2.24, 2.45) is 5.92 Å². The van der Waals surface area contributed by atoms with E-state index >= 15 is 0 Å². The van der Waals surface area contributed by atoms with Crippen molar-refractivity contribution in [3.8, 4) is 0 Å². The highest BCUT2D eigenvalue weighted by Gasteiger charge is 2.26. The summed E-state index contributed by atoms with van der Waals surface area (Å²) in [7, 11) is 0. The Kier molecular flexibility index (Phi) is 6.58. The van der Waals surface area contributed by atoms with Crippen LogP contribution < -0.4 is 10.6 Å². The van der Waals surface area contributed by atoms with Crippen LogP contribution in [0.4, 0.5) is 5.82 Å². The monoisotopic (exact) mass is 399 g/mol. The molecule has 2 aromatic heterocycles. The Morgan fingerprint density at radius 2 is 1.90 bits per heavy atom. The fourth-order valence-corrected chi connectivity index (χ4v) is 3.17. The van der Waals surface area contributed by atoms with Crippen molar-refractivity contribution >= 4 is 23.5 Å². The summed E-state index contributed by atoms with van der Waals surface area (Å²) in [5.41, 5.74) is 0.364. The number of carbonyl (C=O) groups excluding carboxylic acids is 3. The highest BCUT2D eigenvalue weighted by atomic mass is 16.3. The van der Waals surface area contributed by atoms with Crippen molar-refractivity contribution in [1.82, 2.24) is 20.2 Å². The van der Waals surface area contributed by atoms with Gasteiger partial charge in [-0.3, -0.25) is 14.4 Å². The number of nitrogens with one attached hydrogen (secondary N) is 2. The summed E-state index contributed by atoms with van der Waals surface area (Å²) in [6, 6.07) is 1.45. The molecule has 2 aromatic rings. The largest absolute Gasteiger partial charge is 0.472 e. The zero-order valence-electron chi connectivity index (χ0n) is 16.6. The zero-order valence-corrected chi connectivity index (χ0v) is 16.6. The van der Waals surface area contributed by atoms with Gasteiger partial charge in [-0.2, -0.15) is 0 Å². The van der Waals surface area contributed by atoms with Crippen LogP contribution in [0.1, 0.15) is 54.0 Å². The van der Waals surface area contributed by atoms with Gasteiger partial charge in [-0.25, -0.2) is 9.97 Å². The van der Waals surface area contributed by atoms with Gasteiger partial charge in [-0.05, 0) is 24.8 Å². The lowest BCUT2D eigenvalue weighted by molar-refractivity contribution is -0.133. The first-order valence-corrected chi connectivity index (χ1v) is 9.67. The molecule has 9 heteroatoms. The first-order valence-electron chi connectivity index (χ1n) is 9.67. The van der Waals surface area contributed by atoms with E-state index in [1.54, 1.807) is 0 Å². The number of rotatable bonds is 6. The lowest BCUT2D eigenvalue weighted by Gasteiger charge is -2.32. The van der Waals surface area contributed by atoms with E-state index in [-0.39, 0.29) is 23.5 Å². The van der Waals surface area contributed by atoms with E-state index in [4.69, 9.17) is 4.42 Å². The molecule has 0 radical (unpaired) electrons. The van der Waals surface area contributed by atoms with Gasteiger partial charge >= 0.3 is 0 Å². The zero-order chi connectivity index (χ0) is 20.8. The third-order valence-electron chi connectivity index (χ3n) is 4.69. The van der Waals surface area contributed by atoms with E-state index in [0.717, 1.165) is 0 Å². The molecule has 0 aromatic carbocycles. The molecule has 29 heavy (non-hydrogen) atoms. The molecule has 2 N–H and O–H groups in total. The first kappa shape index (κ1) is 20.5. The fraction of sp³-hybridized carbons (Fsp3) is 0.450. The SMILES string of the molecule is CC(C)CC(=O)N1CCC(NC(=O)c2nccnc2NC(=O)c2ccoc2)CC1. The average molecular weight is 399 g/mol. The van der Waals surface area contributed by atoms with Crippen molar-refractivity contribution < 1.29 is 18.8 Å². The minimum Gasteiger partial charge on any atom is -0.472 e. The molecule has 3 heterocycles. The lowest BCUT2D eigenvalue weighted by Crippen LogP contribution is -2.47. The smallest absolute Gasteiger partial charge is 0.273 e. The van der Waals surface area contributed by atoms with Crippen molar-refractivity contribution in [2.75, 3.05) is 18.4 Å². The molecule has 1 aliphatic rings. The van der Waals surface area contributed by atoms with Crippen LogP contribution >= 0.6 is 0 Å². The molecule has 0 atom stereocenters. The number of furan rings is 1.